The number of rotatable bonds is 4. The van der Waals surface area contributed by atoms with Crippen LogP contribution in [0.4, 0.5) is 17.1 Å². The Bertz CT molecular complexity index is 2800. The summed E-state index contributed by atoms with van der Waals surface area (Å²) in [5.74, 6) is 4.05. The summed E-state index contributed by atoms with van der Waals surface area (Å²) in [5.41, 5.74) is 18.7. The summed E-state index contributed by atoms with van der Waals surface area (Å²) in [5, 5.41) is 2.57. The zero-order valence-corrected chi connectivity index (χ0v) is 34.3. The van der Waals surface area contributed by atoms with Gasteiger partial charge in [-0.25, -0.2) is 0 Å². The molecule has 0 saturated heterocycles. The Morgan fingerprint density at radius 1 is 0.475 bits per heavy atom. The Labute approximate surface area is 350 Å². The maximum atomic E-state index is 2.63. The normalized spacial score (nSPS) is 26.4. The maximum absolute atomic E-state index is 2.63. The molecular formula is C58H53N. The lowest BCUT2D eigenvalue weighted by Gasteiger charge is -2.55. The van der Waals surface area contributed by atoms with E-state index >= 15 is 0 Å². The lowest BCUT2D eigenvalue weighted by atomic mass is 9.48. The van der Waals surface area contributed by atoms with Crippen molar-refractivity contribution in [2.24, 2.45) is 29.6 Å². The molecule has 1 nitrogen and oxygen atoms in total. The van der Waals surface area contributed by atoms with Crippen LogP contribution in [0.15, 0.2) is 152 Å². The average molecular weight is 764 g/mol. The second-order valence-electron chi connectivity index (χ2n) is 19.6. The van der Waals surface area contributed by atoms with E-state index in [1.165, 1.54) is 131 Å². The van der Waals surface area contributed by atoms with E-state index in [4.69, 9.17) is 0 Å². The molecule has 0 heterocycles. The van der Waals surface area contributed by atoms with Crippen LogP contribution in [0.1, 0.15) is 93.4 Å². The topological polar surface area (TPSA) is 3.24 Å². The molecule has 5 saturated carbocycles. The van der Waals surface area contributed by atoms with E-state index in [1.807, 2.05) is 0 Å². The zero-order chi connectivity index (χ0) is 38.9. The molecule has 1 heteroatoms. The monoisotopic (exact) mass is 763 g/mol. The highest BCUT2D eigenvalue weighted by molar-refractivity contribution is 5.91. The van der Waals surface area contributed by atoms with Crippen LogP contribution >= 0.6 is 0 Å². The van der Waals surface area contributed by atoms with E-state index in [0.29, 0.717) is 0 Å². The van der Waals surface area contributed by atoms with Gasteiger partial charge in [-0.15, -0.1) is 0 Å². The van der Waals surface area contributed by atoms with Gasteiger partial charge in [-0.1, -0.05) is 135 Å². The number of hydrogen-bond acceptors (Lipinski definition) is 1. The minimum Gasteiger partial charge on any atom is -0.310 e. The van der Waals surface area contributed by atoms with Gasteiger partial charge in [-0.3, -0.25) is 0 Å². The van der Waals surface area contributed by atoms with Gasteiger partial charge in [0.05, 0.1) is 0 Å². The summed E-state index contributed by atoms with van der Waals surface area (Å²) in [6.07, 6.45) is 13.5. The van der Waals surface area contributed by atoms with Crippen molar-refractivity contribution in [3.05, 3.63) is 174 Å². The molecule has 7 aliphatic rings. The lowest BCUT2D eigenvalue weighted by molar-refractivity contribution is 0.0174. The van der Waals surface area contributed by atoms with Crippen molar-refractivity contribution in [3.8, 4) is 33.4 Å². The molecule has 4 bridgehead atoms. The molecule has 7 aliphatic carbocycles. The van der Waals surface area contributed by atoms with Crippen LogP contribution in [-0.2, 0) is 10.8 Å². The van der Waals surface area contributed by atoms with Crippen LogP contribution in [0, 0.1) is 29.6 Å². The molecule has 7 aromatic rings. The zero-order valence-electron chi connectivity index (χ0n) is 34.3. The second-order valence-corrected chi connectivity index (χ2v) is 19.6. The molecule has 5 fully saturated rings. The van der Waals surface area contributed by atoms with Gasteiger partial charge in [0.15, 0.2) is 0 Å². The lowest BCUT2D eigenvalue weighted by Crippen LogP contribution is -2.51. The quantitative estimate of drug-likeness (QED) is 0.173. The molecule has 0 aromatic heterocycles. The first-order chi connectivity index (χ1) is 29.1. The van der Waals surface area contributed by atoms with Crippen molar-refractivity contribution in [3.63, 3.8) is 0 Å². The third-order valence-corrected chi connectivity index (χ3v) is 17.1. The average Bonchev–Trinajstić information content (AvgIpc) is 3.61. The third kappa shape index (κ3) is 4.79. The van der Waals surface area contributed by atoms with E-state index in [1.54, 1.807) is 16.7 Å². The highest BCUT2D eigenvalue weighted by atomic mass is 15.1. The molecule has 0 amide bonds. The van der Waals surface area contributed by atoms with Gasteiger partial charge in [-0.2, -0.15) is 0 Å². The summed E-state index contributed by atoms with van der Waals surface area (Å²) in [7, 11) is 0. The minimum atomic E-state index is 0.101. The van der Waals surface area contributed by atoms with Crippen LogP contribution in [0.25, 0.3) is 44.2 Å². The van der Waals surface area contributed by atoms with Crippen LogP contribution in [0.3, 0.4) is 0 Å². The van der Waals surface area contributed by atoms with Crippen molar-refractivity contribution in [1.29, 1.82) is 0 Å². The van der Waals surface area contributed by atoms with Gasteiger partial charge in [0, 0.05) is 27.9 Å². The Morgan fingerprint density at radius 2 is 1.14 bits per heavy atom. The number of benzene rings is 7. The van der Waals surface area contributed by atoms with Crippen molar-refractivity contribution in [2.75, 3.05) is 4.90 Å². The van der Waals surface area contributed by atoms with Crippen molar-refractivity contribution >= 4 is 27.8 Å². The summed E-state index contributed by atoms with van der Waals surface area (Å²) < 4.78 is 0. The Hall–Kier alpha value is -5.40. The first kappa shape index (κ1) is 34.5. The molecule has 2 spiro atoms. The first-order valence-electron chi connectivity index (χ1n) is 23.0. The summed E-state index contributed by atoms with van der Waals surface area (Å²) in [4.78, 5) is 2.59. The van der Waals surface area contributed by atoms with E-state index in [9.17, 15) is 0 Å². The molecule has 6 atom stereocenters. The van der Waals surface area contributed by atoms with E-state index < -0.39 is 0 Å². The van der Waals surface area contributed by atoms with Gasteiger partial charge in [-0.05, 0) is 183 Å². The Morgan fingerprint density at radius 3 is 1.98 bits per heavy atom. The molecule has 7 aromatic carbocycles. The van der Waals surface area contributed by atoms with Gasteiger partial charge in [0.1, 0.15) is 0 Å². The number of nitrogens with zero attached hydrogens (tertiary/aromatic N) is 1. The number of anilines is 3. The van der Waals surface area contributed by atoms with Gasteiger partial charge >= 0.3 is 0 Å². The molecule has 0 aliphatic heterocycles. The molecule has 0 N–H and O–H groups in total. The van der Waals surface area contributed by atoms with Crippen molar-refractivity contribution in [1.82, 2.24) is 0 Å². The molecular weight excluding hydrogens is 711 g/mol. The predicted octanol–water partition coefficient (Wildman–Crippen LogP) is 15.6. The van der Waals surface area contributed by atoms with Crippen LogP contribution in [0.5, 0.6) is 0 Å². The SMILES string of the molecule is C[C@H]1C2CCC3CC(C2)CC1C31c2ccccc2-c2cc(N(c3ccc(-c4ccc5ccccc5c4)cc3)c3ccc4c(c3)C3(CCCCC3)c3ccccc3-4)ccc21. The highest BCUT2D eigenvalue weighted by Crippen LogP contribution is 2.69. The number of fused-ring (bicyclic) bond motifs is 10. The van der Waals surface area contributed by atoms with Crippen LogP contribution in [-0.4, -0.2) is 0 Å². The summed E-state index contributed by atoms with van der Waals surface area (Å²) in [6, 6.07) is 59.1. The molecule has 290 valence electrons. The fraction of sp³-hybridized carbons (Fsp3) is 0.310. The summed E-state index contributed by atoms with van der Waals surface area (Å²) >= 11 is 0. The van der Waals surface area contributed by atoms with Crippen LogP contribution < -0.4 is 4.90 Å². The van der Waals surface area contributed by atoms with E-state index in [0.717, 1.165) is 29.6 Å². The largest absolute Gasteiger partial charge is 0.310 e. The fourth-order valence-corrected chi connectivity index (χ4v) is 14.7. The van der Waals surface area contributed by atoms with Crippen LogP contribution in [0.2, 0.25) is 0 Å². The molecule has 59 heavy (non-hydrogen) atoms. The van der Waals surface area contributed by atoms with Crippen molar-refractivity contribution in [2.45, 2.75) is 82.0 Å². The fourth-order valence-electron chi connectivity index (χ4n) is 14.7. The highest BCUT2D eigenvalue weighted by Gasteiger charge is 2.61. The van der Waals surface area contributed by atoms with Gasteiger partial charge in [0.25, 0.3) is 0 Å². The molecule has 0 radical (unpaired) electrons. The standard InChI is InChI=1S/C58H53N/c1-37-41-19-22-44-32-38(31-41)33-55(37)58(44)53-16-8-6-14-49(53)51-35-46(26-28-54(51)58)59(45-23-20-40(21-24-45)43-18-17-39-11-3-4-12-42(39)34-43)47-25-27-50-48-13-5-7-15-52(48)57(56(50)36-47)29-9-2-10-30-57/h3-8,11-18,20-21,23-28,34-38,41,44,55H,2,9-10,19,22,29-33H2,1H3/t37-,38?,41?,44?,55?,58?/m0/s1. The first-order valence-corrected chi connectivity index (χ1v) is 23.0. The summed E-state index contributed by atoms with van der Waals surface area (Å²) in [6.45, 7) is 2.63. The smallest absolute Gasteiger partial charge is 0.0468 e. The Kier molecular flexibility index (Phi) is 7.48. The van der Waals surface area contributed by atoms with Gasteiger partial charge in [0.2, 0.25) is 0 Å². The van der Waals surface area contributed by atoms with E-state index in [2.05, 4.69) is 163 Å². The Balaban J connectivity index is 0.988. The van der Waals surface area contributed by atoms with Gasteiger partial charge < -0.3 is 4.90 Å². The maximum Gasteiger partial charge on any atom is 0.0468 e. The molecule has 14 rings (SSSR count). The van der Waals surface area contributed by atoms with Crippen molar-refractivity contribution < 1.29 is 0 Å². The number of hydrogen-bond donors (Lipinski definition) is 0. The van der Waals surface area contributed by atoms with E-state index in [-0.39, 0.29) is 10.8 Å². The third-order valence-electron chi connectivity index (χ3n) is 17.1. The second kappa shape index (κ2) is 12.8. The minimum absolute atomic E-state index is 0.101. The molecule has 5 unspecified atom stereocenters. The predicted molar refractivity (Wildman–Crippen MR) is 246 cm³/mol.